The van der Waals surface area contributed by atoms with E-state index in [1.807, 2.05) is 6.92 Å². The first-order valence-electron chi connectivity index (χ1n) is 11.5. The highest BCUT2D eigenvalue weighted by molar-refractivity contribution is 7.21. The highest BCUT2D eigenvalue weighted by atomic mass is 35.5. The van der Waals surface area contributed by atoms with E-state index in [9.17, 15) is 18.4 Å². The van der Waals surface area contributed by atoms with Crippen LogP contribution < -0.4 is 11.1 Å². The van der Waals surface area contributed by atoms with E-state index in [2.05, 4.69) is 25.6 Å². The molecule has 0 aliphatic carbocycles. The Balaban J connectivity index is 1.57. The molecular weight excluding hydrogens is 552 g/mol. The van der Waals surface area contributed by atoms with Crippen LogP contribution in [0.25, 0.3) is 21.3 Å². The van der Waals surface area contributed by atoms with E-state index >= 15 is 0 Å². The number of anilines is 1. The number of thiophene rings is 1. The summed E-state index contributed by atoms with van der Waals surface area (Å²) in [6, 6.07) is 2.73. The van der Waals surface area contributed by atoms with Gasteiger partial charge in [-0.25, -0.2) is 18.4 Å². The molecule has 3 N–H and O–H groups in total. The summed E-state index contributed by atoms with van der Waals surface area (Å²) in [5, 5.41) is 16.5. The third-order valence-electron chi connectivity index (χ3n) is 6.34. The summed E-state index contributed by atoms with van der Waals surface area (Å²) in [6.45, 7) is 5.60. The first kappa shape index (κ1) is 26.4. The molecule has 11 nitrogen and oxygen atoms in total. The van der Waals surface area contributed by atoms with E-state index in [0.29, 0.717) is 32.9 Å². The molecule has 15 heteroatoms. The van der Waals surface area contributed by atoms with Crippen LogP contribution in [-0.2, 0) is 13.7 Å². The molecule has 5 aromatic rings. The second-order valence-corrected chi connectivity index (χ2v) is 10.2. The molecule has 0 saturated carbocycles. The van der Waals surface area contributed by atoms with Crippen LogP contribution in [0, 0.1) is 20.8 Å². The van der Waals surface area contributed by atoms with Crippen molar-refractivity contribution in [2.45, 2.75) is 33.9 Å². The number of pyridine rings is 1. The second kappa shape index (κ2) is 9.85. The van der Waals surface area contributed by atoms with Crippen LogP contribution in [0.1, 0.15) is 49.4 Å². The maximum absolute atomic E-state index is 13.7. The number of aryl methyl sites for hydroxylation is 2. The number of hydrogen-bond donors (Lipinski definition) is 2. The molecule has 0 fully saturated rings. The van der Waals surface area contributed by atoms with E-state index in [1.54, 1.807) is 36.5 Å². The zero-order valence-electron chi connectivity index (χ0n) is 21.2. The Hall–Kier alpha value is -4.17. The normalized spacial score (nSPS) is 11.6. The van der Waals surface area contributed by atoms with E-state index in [4.69, 9.17) is 17.3 Å². The molecule has 202 valence electrons. The Morgan fingerprint density at radius 2 is 1.92 bits per heavy atom. The average molecular weight is 574 g/mol. The molecule has 5 aromatic heterocycles. The molecule has 0 aromatic carbocycles. The van der Waals surface area contributed by atoms with Crippen molar-refractivity contribution in [3.63, 3.8) is 0 Å². The summed E-state index contributed by atoms with van der Waals surface area (Å²) in [5.41, 5.74) is 8.26. The standard InChI is InChI=1S/C24H22ClF2N9O2S/c1-10-18(25)12(3)36(32-10)9-35-6-5-15(33-35)23(38)31-19-17-13(14-8-29-34(4)11(14)2)7-16(21(26)27)30-24(17)39-20(19)22(28)37/h5-8,21H,9H2,1-4H3,(H2,28,37)(H,31,38). The lowest BCUT2D eigenvalue weighted by Crippen LogP contribution is -2.18. The Labute approximate surface area is 229 Å². The lowest BCUT2D eigenvalue weighted by molar-refractivity contribution is 0.100. The molecule has 0 spiro atoms. The minimum Gasteiger partial charge on any atom is -0.365 e. The minimum atomic E-state index is -2.86. The first-order valence-corrected chi connectivity index (χ1v) is 12.7. The van der Waals surface area contributed by atoms with Gasteiger partial charge in [0.25, 0.3) is 18.2 Å². The van der Waals surface area contributed by atoms with Crippen LogP contribution in [0.15, 0.2) is 24.5 Å². The molecule has 5 rings (SSSR count). The Morgan fingerprint density at radius 1 is 1.18 bits per heavy atom. The van der Waals surface area contributed by atoms with Crippen LogP contribution in [0.3, 0.4) is 0 Å². The number of primary amides is 1. The highest BCUT2D eigenvalue weighted by Crippen LogP contribution is 2.43. The van der Waals surface area contributed by atoms with Crippen molar-refractivity contribution in [3.8, 4) is 11.1 Å². The largest absolute Gasteiger partial charge is 0.365 e. The molecule has 0 unspecified atom stereocenters. The number of fused-ring (bicyclic) bond motifs is 1. The van der Waals surface area contributed by atoms with Gasteiger partial charge < -0.3 is 11.1 Å². The molecule has 0 aliphatic heterocycles. The number of halogens is 3. The van der Waals surface area contributed by atoms with Gasteiger partial charge in [0.1, 0.15) is 22.1 Å². The Morgan fingerprint density at radius 3 is 2.51 bits per heavy atom. The number of carbonyl (C=O) groups excluding carboxylic acids is 2. The highest BCUT2D eigenvalue weighted by Gasteiger charge is 2.27. The van der Waals surface area contributed by atoms with Crippen molar-refractivity contribution in [2.75, 3.05) is 5.32 Å². The fourth-order valence-electron chi connectivity index (χ4n) is 4.19. The third kappa shape index (κ3) is 4.65. The van der Waals surface area contributed by atoms with Crippen molar-refractivity contribution in [1.29, 1.82) is 0 Å². The second-order valence-electron chi connectivity index (χ2n) is 8.83. The van der Waals surface area contributed by atoms with Gasteiger partial charge in [-0.05, 0) is 38.5 Å². The average Bonchev–Trinajstić information content (AvgIpc) is 3.64. The molecular formula is C24H22ClF2N9O2S. The SMILES string of the molecule is Cc1nn(Cn2ccc(C(=O)Nc3c(C(N)=O)sc4nc(C(F)F)cc(-c5cnn(C)c5C)c34)n2)c(C)c1Cl. The maximum atomic E-state index is 13.7. The van der Waals surface area contributed by atoms with E-state index in [0.717, 1.165) is 17.0 Å². The monoisotopic (exact) mass is 573 g/mol. The number of nitrogens with zero attached hydrogens (tertiary/aromatic N) is 7. The molecule has 0 bridgehead atoms. The van der Waals surface area contributed by atoms with E-state index in [-0.39, 0.29) is 27.8 Å². The lowest BCUT2D eigenvalue weighted by Gasteiger charge is -2.10. The van der Waals surface area contributed by atoms with Crippen molar-refractivity contribution >= 4 is 50.7 Å². The Bertz CT molecular complexity index is 1770. The molecule has 39 heavy (non-hydrogen) atoms. The summed E-state index contributed by atoms with van der Waals surface area (Å²) in [4.78, 5) is 29.8. The maximum Gasteiger partial charge on any atom is 0.280 e. The zero-order valence-corrected chi connectivity index (χ0v) is 22.7. The molecule has 0 aliphatic rings. The number of nitrogens with two attached hydrogens (primary N) is 1. The van der Waals surface area contributed by atoms with Crippen molar-refractivity contribution in [1.82, 2.24) is 34.3 Å². The number of nitrogens with one attached hydrogen (secondary N) is 1. The first-order chi connectivity index (χ1) is 18.5. The van der Waals surface area contributed by atoms with Gasteiger partial charge in [0.2, 0.25) is 0 Å². The number of carbonyl (C=O) groups is 2. The van der Waals surface area contributed by atoms with Gasteiger partial charge in [-0.1, -0.05) is 11.6 Å². The summed E-state index contributed by atoms with van der Waals surface area (Å²) < 4.78 is 32.2. The number of alkyl halides is 2. The van der Waals surface area contributed by atoms with Gasteiger partial charge >= 0.3 is 0 Å². The van der Waals surface area contributed by atoms with E-state index < -0.39 is 23.9 Å². The van der Waals surface area contributed by atoms with Gasteiger partial charge in [-0.15, -0.1) is 11.3 Å². The molecule has 0 saturated heterocycles. The van der Waals surface area contributed by atoms with Crippen LogP contribution in [-0.4, -0.2) is 46.1 Å². The van der Waals surface area contributed by atoms with E-state index in [1.165, 1.54) is 23.0 Å². The minimum absolute atomic E-state index is 0.0308. The summed E-state index contributed by atoms with van der Waals surface area (Å²) in [7, 11) is 1.71. The molecule has 5 heterocycles. The van der Waals surface area contributed by atoms with Gasteiger partial charge in [-0.2, -0.15) is 15.3 Å². The lowest BCUT2D eigenvalue weighted by atomic mass is 10.0. The third-order valence-corrected chi connectivity index (χ3v) is 7.98. The topological polar surface area (TPSA) is 139 Å². The van der Waals surface area contributed by atoms with Gasteiger partial charge in [-0.3, -0.25) is 19.0 Å². The van der Waals surface area contributed by atoms with Crippen molar-refractivity contribution in [3.05, 3.63) is 62.9 Å². The summed E-state index contributed by atoms with van der Waals surface area (Å²) >= 11 is 7.04. The van der Waals surface area contributed by atoms with Crippen LogP contribution in [0.2, 0.25) is 5.02 Å². The summed E-state index contributed by atoms with van der Waals surface area (Å²) in [6.07, 6.45) is 0.267. The molecule has 0 radical (unpaired) electrons. The van der Waals surface area contributed by atoms with Crippen LogP contribution >= 0.6 is 22.9 Å². The quantitative estimate of drug-likeness (QED) is 0.295. The fourth-order valence-corrected chi connectivity index (χ4v) is 5.34. The van der Waals surface area contributed by atoms with Crippen molar-refractivity contribution in [2.24, 2.45) is 12.8 Å². The predicted molar refractivity (Wildman–Crippen MR) is 142 cm³/mol. The van der Waals surface area contributed by atoms with Crippen LogP contribution in [0.4, 0.5) is 14.5 Å². The summed E-state index contributed by atoms with van der Waals surface area (Å²) in [5.74, 6) is -1.47. The van der Waals surface area contributed by atoms with Crippen molar-refractivity contribution < 1.29 is 18.4 Å². The smallest absolute Gasteiger partial charge is 0.280 e. The van der Waals surface area contributed by atoms with Gasteiger partial charge in [0, 0.05) is 29.9 Å². The van der Waals surface area contributed by atoms with Gasteiger partial charge in [0.15, 0.2) is 5.69 Å². The number of hydrogen-bond acceptors (Lipinski definition) is 7. The Kier molecular flexibility index (Phi) is 6.68. The van der Waals surface area contributed by atoms with Gasteiger partial charge in [0.05, 0.1) is 28.3 Å². The predicted octanol–water partition coefficient (Wildman–Crippen LogP) is 4.46. The molecule has 2 amide bonds. The number of amides is 2. The zero-order chi connectivity index (χ0) is 28.2. The molecule has 0 atom stereocenters. The van der Waals surface area contributed by atoms with Crippen LogP contribution in [0.5, 0.6) is 0 Å². The fraction of sp³-hybridized carbons (Fsp3) is 0.250. The number of rotatable bonds is 7. The number of aromatic nitrogens is 7.